The number of nitrogens with zero attached hydrogens (tertiary/aromatic N) is 1. The van der Waals surface area contributed by atoms with Crippen molar-refractivity contribution in [1.29, 1.82) is 0 Å². The van der Waals surface area contributed by atoms with Gasteiger partial charge < -0.3 is 14.6 Å². The molecular formula is C17H10F4N2O3. The Bertz CT molecular complexity index is 920. The molecular weight excluding hydrogens is 356 g/mol. The zero-order valence-corrected chi connectivity index (χ0v) is 12.9. The molecule has 9 heteroatoms. The smallest absolute Gasteiger partial charge is 0.406 e. The molecule has 0 spiro atoms. The van der Waals surface area contributed by atoms with E-state index in [1.807, 2.05) is 0 Å². The maximum absolute atomic E-state index is 13.7. The summed E-state index contributed by atoms with van der Waals surface area (Å²) >= 11 is 0. The highest BCUT2D eigenvalue weighted by molar-refractivity contribution is 6.03. The minimum absolute atomic E-state index is 0.0715. The van der Waals surface area contributed by atoms with Gasteiger partial charge in [-0.1, -0.05) is 17.3 Å². The van der Waals surface area contributed by atoms with Gasteiger partial charge in [0.1, 0.15) is 11.6 Å². The molecule has 0 aliphatic rings. The maximum Gasteiger partial charge on any atom is 0.573 e. The minimum Gasteiger partial charge on any atom is -0.406 e. The van der Waals surface area contributed by atoms with Gasteiger partial charge in [-0.15, -0.1) is 13.2 Å². The molecule has 3 aromatic rings. The largest absolute Gasteiger partial charge is 0.573 e. The van der Waals surface area contributed by atoms with Crippen LogP contribution in [0.25, 0.3) is 11.3 Å². The van der Waals surface area contributed by atoms with Crippen LogP contribution in [0.5, 0.6) is 5.75 Å². The van der Waals surface area contributed by atoms with E-state index in [9.17, 15) is 22.4 Å². The number of rotatable bonds is 4. The highest BCUT2D eigenvalue weighted by Gasteiger charge is 2.31. The van der Waals surface area contributed by atoms with Gasteiger partial charge in [-0.3, -0.25) is 4.79 Å². The van der Waals surface area contributed by atoms with E-state index in [-0.39, 0.29) is 22.7 Å². The van der Waals surface area contributed by atoms with E-state index < -0.39 is 23.8 Å². The van der Waals surface area contributed by atoms with Crippen LogP contribution >= 0.6 is 0 Å². The molecule has 0 saturated heterocycles. The number of hydrogen-bond donors (Lipinski definition) is 1. The molecule has 0 bridgehead atoms. The van der Waals surface area contributed by atoms with Crippen molar-refractivity contribution in [3.05, 3.63) is 66.1 Å². The van der Waals surface area contributed by atoms with Crippen LogP contribution in [0.1, 0.15) is 10.5 Å². The van der Waals surface area contributed by atoms with E-state index in [1.54, 1.807) is 6.07 Å². The van der Waals surface area contributed by atoms with Gasteiger partial charge in [-0.2, -0.15) is 0 Å². The van der Waals surface area contributed by atoms with Crippen molar-refractivity contribution in [2.75, 3.05) is 5.32 Å². The second-order valence-electron chi connectivity index (χ2n) is 5.08. The molecule has 0 atom stereocenters. The van der Waals surface area contributed by atoms with Crippen LogP contribution in [0.15, 0.2) is 59.1 Å². The average molecular weight is 366 g/mol. The summed E-state index contributed by atoms with van der Waals surface area (Å²) in [6, 6.07) is 11.6. The number of hydrogen-bond acceptors (Lipinski definition) is 4. The van der Waals surface area contributed by atoms with Crippen molar-refractivity contribution >= 4 is 11.6 Å². The predicted molar refractivity (Wildman–Crippen MR) is 83.0 cm³/mol. The lowest BCUT2D eigenvalue weighted by Gasteiger charge is -2.09. The lowest BCUT2D eigenvalue weighted by Crippen LogP contribution is -2.17. The van der Waals surface area contributed by atoms with Crippen LogP contribution < -0.4 is 10.1 Å². The number of benzene rings is 2. The molecule has 0 radical (unpaired) electrons. The van der Waals surface area contributed by atoms with E-state index in [0.29, 0.717) is 0 Å². The molecule has 1 amide bonds. The lowest BCUT2D eigenvalue weighted by atomic mass is 10.1. The van der Waals surface area contributed by atoms with Crippen LogP contribution in [0.3, 0.4) is 0 Å². The molecule has 0 saturated carbocycles. The topological polar surface area (TPSA) is 64.4 Å². The summed E-state index contributed by atoms with van der Waals surface area (Å²) in [6.45, 7) is 0. The number of nitrogens with one attached hydrogen (secondary N) is 1. The molecule has 0 aliphatic carbocycles. The third kappa shape index (κ3) is 4.18. The van der Waals surface area contributed by atoms with Crippen molar-refractivity contribution in [2.24, 2.45) is 0 Å². The first-order valence-corrected chi connectivity index (χ1v) is 7.20. The number of ether oxygens (including phenoxy) is 1. The molecule has 5 nitrogen and oxygen atoms in total. The van der Waals surface area contributed by atoms with E-state index in [2.05, 4.69) is 15.2 Å². The van der Waals surface area contributed by atoms with Crippen LogP contribution in [-0.4, -0.2) is 17.4 Å². The second-order valence-corrected chi connectivity index (χ2v) is 5.08. The normalized spacial score (nSPS) is 11.2. The van der Waals surface area contributed by atoms with Crippen molar-refractivity contribution in [3.63, 3.8) is 0 Å². The van der Waals surface area contributed by atoms with E-state index in [4.69, 9.17) is 4.52 Å². The quantitative estimate of drug-likeness (QED) is 0.684. The van der Waals surface area contributed by atoms with Crippen molar-refractivity contribution in [2.45, 2.75) is 6.36 Å². The SMILES string of the molecule is O=C(Nc1ccc(OC(F)(F)F)cc1)c1cc(-c2ccccc2F)on1. The summed E-state index contributed by atoms with van der Waals surface area (Å²) < 4.78 is 58.7. The van der Waals surface area contributed by atoms with Gasteiger partial charge in [0.25, 0.3) is 5.91 Å². The predicted octanol–water partition coefficient (Wildman–Crippen LogP) is 4.63. The summed E-state index contributed by atoms with van der Waals surface area (Å²) in [4.78, 5) is 12.1. The fraction of sp³-hybridized carbons (Fsp3) is 0.0588. The highest BCUT2D eigenvalue weighted by Crippen LogP contribution is 2.25. The molecule has 0 aliphatic heterocycles. The number of aromatic nitrogens is 1. The van der Waals surface area contributed by atoms with Gasteiger partial charge in [0.2, 0.25) is 0 Å². The molecule has 0 fully saturated rings. The molecule has 134 valence electrons. The molecule has 3 rings (SSSR count). The number of alkyl halides is 3. The summed E-state index contributed by atoms with van der Waals surface area (Å²) in [5.41, 5.74) is 0.256. The van der Waals surface area contributed by atoms with Gasteiger partial charge in [-0.05, 0) is 36.4 Å². The number of anilines is 1. The van der Waals surface area contributed by atoms with Crippen LogP contribution in [0, 0.1) is 5.82 Å². The number of carbonyl (C=O) groups is 1. The monoisotopic (exact) mass is 366 g/mol. The van der Waals surface area contributed by atoms with Crippen LogP contribution in [0.4, 0.5) is 23.2 Å². The summed E-state index contributed by atoms with van der Waals surface area (Å²) in [7, 11) is 0. The molecule has 2 aromatic carbocycles. The average Bonchev–Trinajstić information content (AvgIpc) is 3.06. The molecule has 1 heterocycles. The standard InChI is InChI=1S/C17H10F4N2O3/c18-13-4-2-1-3-12(13)15-9-14(23-26-15)16(24)22-10-5-7-11(8-6-10)25-17(19,20)21/h1-9H,(H,22,24). The first-order valence-electron chi connectivity index (χ1n) is 7.20. The summed E-state index contributed by atoms with van der Waals surface area (Å²) in [5.74, 6) is -1.54. The zero-order chi connectivity index (χ0) is 18.7. The Balaban J connectivity index is 1.70. The van der Waals surface area contributed by atoms with Gasteiger partial charge in [-0.25, -0.2) is 4.39 Å². The maximum atomic E-state index is 13.7. The molecule has 1 N–H and O–H groups in total. The fourth-order valence-corrected chi connectivity index (χ4v) is 2.11. The number of amides is 1. The van der Waals surface area contributed by atoms with E-state index >= 15 is 0 Å². The highest BCUT2D eigenvalue weighted by atomic mass is 19.4. The first-order chi connectivity index (χ1) is 12.3. The molecule has 0 unspecified atom stereocenters. The first kappa shape index (κ1) is 17.5. The van der Waals surface area contributed by atoms with Gasteiger partial charge >= 0.3 is 6.36 Å². The van der Waals surface area contributed by atoms with Crippen LogP contribution in [-0.2, 0) is 0 Å². The Morgan fingerprint density at radius 2 is 1.77 bits per heavy atom. The Kier molecular flexibility index (Phi) is 4.61. The molecule has 26 heavy (non-hydrogen) atoms. The van der Waals surface area contributed by atoms with E-state index in [1.165, 1.54) is 36.4 Å². The Labute approximate surface area is 144 Å². The molecule has 1 aromatic heterocycles. The second kappa shape index (κ2) is 6.87. The Morgan fingerprint density at radius 3 is 2.42 bits per heavy atom. The zero-order valence-electron chi connectivity index (χ0n) is 12.9. The van der Waals surface area contributed by atoms with E-state index in [0.717, 1.165) is 12.1 Å². The van der Waals surface area contributed by atoms with Gasteiger partial charge in [0.15, 0.2) is 11.5 Å². The minimum atomic E-state index is -4.80. The number of halogens is 4. The Morgan fingerprint density at radius 1 is 1.08 bits per heavy atom. The third-order valence-electron chi connectivity index (χ3n) is 3.23. The van der Waals surface area contributed by atoms with Crippen LogP contribution in [0.2, 0.25) is 0 Å². The third-order valence-corrected chi connectivity index (χ3v) is 3.23. The lowest BCUT2D eigenvalue weighted by molar-refractivity contribution is -0.274. The Hall–Kier alpha value is -3.36. The van der Waals surface area contributed by atoms with Crippen molar-refractivity contribution in [3.8, 4) is 17.1 Å². The van der Waals surface area contributed by atoms with Gasteiger partial charge in [0.05, 0.1) is 5.56 Å². The fourth-order valence-electron chi connectivity index (χ4n) is 2.11. The van der Waals surface area contributed by atoms with Crippen molar-refractivity contribution in [1.82, 2.24) is 5.16 Å². The van der Waals surface area contributed by atoms with Gasteiger partial charge in [0, 0.05) is 11.8 Å². The number of carbonyl (C=O) groups excluding carboxylic acids is 1. The van der Waals surface area contributed by atoms with Crippen molar-refractivity contribution < 1.29 is 31.6 Å². The summed E-state index contributed by atoms with van der Waals surface area (Å²) in [6.07, 6.45) is -4.80. The summed E-state index contributed by atoms with van der Waals surface area (Å²) in [5, 5.41) is 6.00.